The lowest BCUT2D eigenvalue weighted by Gasteiger charge is -2.19. The molecule has 2 aromatic rings. The van der Waals surface area contributed by atoms with E-state index in [1.165, 1.54) is 22.3 Å². The van der Waals surface area contributed by atoms with Crippen LogP contribution in [0.3, 0.4) is 0 Å². The number of nitrogens with zero attached hydrogens (tertiary/aromatic N) is 1. The second-order valence-electron chi connectivity index (χ2n) is 11.9. The summed E-state index contributed by atoms with van der Waals surface area (Å²) in [5, 5.41) is 20.2. The first-order chi connectivity index (χ1) is 20.9. The van der Waals surface area contributed by atoms with Gasteiger partial charge < -0.3 is 15.1 Å². The number of hydrogen-bond donors (Lipinski definition) is 2. The zero-order valence-corrected chi connectivity index (χ0v) is 26.4. The molecule has 0 aliphatic heterocycles. The van der Waals surface area contributed by atoms with Crippen LogP contribution >= 0.6 is 0 Å². The summed E-state index contributed by atoms with van der Waals surface area (Å²) < 4.78 is 74.5. The predicted octanol–water partition coefficient (Wildman–Crippen LogP) is 9.12. The number of fused-ring (bicyclic) bond motifs is 1. The van der Waals surface area contributed by atoms with Gasteiger partial charge in [-0.3, -0.25) is 4.21 Å². The van der Waals surface area contributed by atoms with Crippen LogP contribution in [0.5, 0.6) is 11.5 Å². The van der Waals surface area contributed by atoms with Crippen LogP contribution in [-0.2, 0) is 17.2 Å². The van der Waals surface area contributed by atoms with Crippen LogP contribution in [0.25, 0.3) is 11.1 Å². The molecule has 0 saturated heterocycles. The molecule has 246 valence electrons. The van der Waals surface area contributed by atoms with Crippen molar-refractivity contribution >= 4 is 21.9 Å². The molecular formula is C34H46F5NO3S. The van der Waals surface area contributed by atoms with Gasteiger partial charge in [-0.25, -0.2) is 0 Å². The van der Waals surface area contributed by atoms with E-state index in [-0.39, 0.29) is 17.3 Å². The minimum Gasteiger partial charge on any atom is -0.508 e. The van der Waals surface area contributed by atoms with Gasteiger partial charge in [-0.15, -0.1) is 0 Å². The Morgan fingerprint density at radius 2 is 1.45 bits per heavy atom. The highest BCUT2D eigenvalue weighted by atomic mass is 32.2. The fourth-order valence-corrected chi connectivity index (χ4v) is 7.01. The maximum absolute atomic E-state index is 12.9. The molecule has 3 rings (SSSR count). The monoisotopic (exact) mass is 643 g/mol. The van der Waals surface area contributed by atoms with Crippen LogP contribution in [0, 0.1) is 0 Å². The highest BCUT2D eigenvalue weighted by Crippen LogP contribution is 2.41. The van der Waals surface area contributed by atoms with Gasteiger partial charge in [-0.1, -0.05) is 37.5 Å². The third-order valence-electron chi connectivity index (χ3n) is 8.25. The molecule has 0 spiro atoms. The summed E-state index contributed by atoms with van der Waals surface area (Å²) >= 11 is 0. The number of aryl methyl sites for hydroxylation is 1. The van der Waals surface area contributed by atoms with Gasteiger partial charge in [0, 0.05) is 28.7 Å². The van der Waals surface area contributed by atoms with Crippen LogP contribution in [0.15, 0.2) is 42.5 Å². The molecule has 1 aliphatic carbocycles. The lowest BCUT2D eigenvalue weighted by Crippen LogP contribution is -2.36. The van der Waals surface area contributed by atoms with E-state index in [1.807, 2.05) is 24.3 Å². The van der Waals surface area contributed by atoms with Crippen molar-refractivity contribution in [2.75, 3.05) is 31.6 Å². The Kier molecular flexibility index (Phi) is 14.2. The largest absolute Gasteiger partial charge is 0.508 e. The Bertz CT molecular complexity index is 1250. The molecule has 1 unspecified atom stereocenters. The lowest BCUT2D eigenvalue weighted by atomic mass is 9.89. The number of phenols is 2. The van der Waals surface area contributed by atoms with E-state index in [1.54, 1.807) is 12.1 Å². The summed E-state index contributed by atoms with van der Waals surface area (Å²) in [5.74, 6) is -3.96. The van der Waals surface area contributed by atoms with Gasteiger partial charge in [0.25, 0.3) is 0 Å². The summed E-state index contributed by atoms with van der Waals surface area (Å²) in [6.45, 7) is 1.93. The molecule has 1 atom stereocenters. The molecule has 10 heteroatoms. The van der Waals surface area contributed by atoms with Gasteiger partial charge in [0.15, 0.2) is 0 Å². The van der Waals surface area contributed by atoms with E-state index in [0.717, 1.165) is 82.9 Å². The minimum atomic E-state index is -5.55. The molecule has 0 amide bonds. The normalized spacial score (nSPS) is 15.0. The Balaban J connectivity index is 1.34. The number of halogens is 5. The van der Waals surface area contributed by atoms with Crippen molar-refractivity contribution in [3.63, 3.8) is 0 Å². The van der Waals surface area contributed by atoms with Gasteiger partial charge in [0.1, 0.15) is 11.5 Å². The third-order valence-corrected chi connectivity index (χ3v) is 9.74. The van der Waals surface area contributed by atoms with E-state index < -0.39 is 35.7 Å². The van der Waals surface area contributed by atoms with E-state index in [0.29, 0.717) is 12.2 Å². The Morgan fingerprint density at radius 3 is 2.16 bits per heavy atom. The molecule has 0 heterocycles. The van der Waals surface area contributed by atoms with Crippen molar-refractivity contribution in [3.8, 4) is 11.5 Å². The molecule has 0 radical (unpaired) electrons. The third kappa shape index (κ3) is 11.5. The first-order valence-corrected chi connectivity index (χ1v) is 17.2. The van der Waals surface area contributed by atoms with Crippen LogP contribution in [0.2, 0.25) is 0 Å². The number of aromatic hydroxyl groups is 2. The van der Waals surface area contributed by atoms with Gasteiger partial charge in [-0.2, -0.15) is 22.0 Å². The van der Waals surface area contributed by atoms with E-state index in [9.17, 15) is 36.4 Å². The standard InChI is InChI=1S/C34H46F5NO3S/c1-40(20-6-2-3-8-22-44(43)23-11-19-33(35,36)34(37,38)39)21-7-4-5-15-32-30(26-12-9-14-28(41)24-26)16-10-13-27-25-29(42)17-18-31(27)32/h9,12,14,17-18,24-25,41-42H,2-8,10-11,13,15-16,19-23H2,1H3. The number of alkyl halides is 5. The van der Waals surface area contributed by atoms with Crippen LogP contribution < -0.4 is 0 Å². The first kappa shape index (κ1) is 36.0. The van der Waals surface area contributed by atoms with Crippen molar-refractivity contribution in [2.45, 2.75) is 95.6 Å². The fourth-order valence-electron chi connectivity index (χ4n) is 5.82. The molecule has 0 saturated carbocycles. The maximum Gasteiger partial charge on any atom is 0.453 e. The van der Waals surface area contributed by atoms with Crippen molar-refractivity contribution in [3.05, 3.63) is 59.2 Å². The van der Waals surface area contributed by atoms with Gasteiger partial charge >= 0.3 is 12.1 Å². The summed E-state index contributed by atoms with van der Waals surface area (Å²) in [5.41, 5.74) is 6.00. The van der Waals surface area contributed by atoms with Crippen molar-refractivity contribution in [1.29, 1.82) is 0 Å². The van der Waals surface area contributed by atoms with E-state index in [2.05, 4.69) is 18.0 Å². The quantitative estimate of drug-likeness (QED) is 0.126. The average molecular weight is 644 g/mol. The summed E-state index contributed by atoms with van der Waals surface area (Å²) in [7, 11) is 0.730. The number of phenolic OH excluding ortho intramolecular Hbond substituents is 2. The molecule has 2 aromatic carbocycles. The van der Waals surface area contributed by atoms with Crippen LogP contribution in [0.1, 0.15) is 93.7 Å². The fraction of sp³-hybridized carbons (Fsp3) is 0.588. The molecule has 0 aromatic heterocycles. The van der Waals surface area contributed by atoms with Crippen molar-refractivity contribution in [1.82, 2.24) is 4.90 Å². The molecule has 2 N–H and O–H groups in total. The molecule has 0 fully saturated rings. The SMILES string of the molecule is CN(CCCCCCS(=O)CCCC(F)(F)C(F)(F)F)CCCCCC1=C(c2cccc(O)c2)CCCc2cc(O)ccc21. The van der Waals surface area contributed by atoms with Gasteiger partial charge in [0.05, 0.1) is 0 Å². The van der Waals surface area contributed by atoms with E-state index in [4.69, 9.17) is 0 Å². The molecule has 44 heavy (non-hydrogen) atoms. The minimum absolute atomic E-state index is 0.126. The Hall–Kier alpha value is -2.46. The second-order valence-corrected chi connectivity index (χ2v) is 13.6. The van der Waals surface area contributed by atoms with Crippen molar-refractivity contribution in [2.24, 2.45) is 0 Å². The molecule has 0 bridgehead atoms. The Morgan fingerprint density at radius 1 is 0.795 bits per heavy atom. The summed E-state index contributed by atoms with van der Waals surface area (Å²) in [6, 6.07) is 13.1. The van der Waals surface area contributed by atoms with Crippen LogP contribution in [-0.4, -0.2) is 63.1 Å². The highest BCUT2D eigenvalue weighted by molar-refractivity contribution is 7.84. The topological polar surface area (TPSA) is 60.8 Å². The lowest BCUT2D eigenvalue weighted by molar-refractivity contribution is -0.284. The van der Waals surface area contributed by atoms with Crippen molar-refractivity contribution < 1.29 is 36.4 Å². The number of benzene rings is 2. The van der Waals surface area contributed by atoms with Crippen LogP contribution in [0.4, 0.5) is 22.0 Å². The predicted molar refractivity (Wildman–Crippen MR) is 169 cm³/mol. The maximum atomic E-state index is 12.9. The van der Waals surface area contributed by atoms with E-state index >= 15 is 0 Å². The zero-order chi connectivity index (χ0) is 32.2. The Labute approximate surface area is 260 Å². The first-order valence-electron chi connectivity index (χ1n) is 15.7. The van der Waals surface area contributed by atoms with Gasteiger partial charge in [-0.05, 0) is 130 Å². The average Bonchev–Trinajstić information content (AvgIpc) is 3.13. The summed E-state index contributed by atoms with van der Waals surface area (Å²) in [4.78, 5) is 2.31. The number of unbranched alkanes of at least 4 members (excludes halogenated alkanes) is 5. The zero-order valence-electron chi connectivity index (χ0n) is 25.6. The molecular weight excluding hydrogens is 597 g/mol. The van der Waals surface area contributed by atoms with Gasteiger partial charge in [0.2, 0.25) is 0 Å². The number of hydrogen-bond acceptors (Lipinski definition) is 4. The molecule has 1 aliphatic rings. The smallest absolute Gasteiger partial charge is 0.453 e. The highest BCUT2D eigenvalue weighted by Gasteiger charge is 2.56. The number of allylic oxidation sites excluding steroid dienone is 2. The summed E-state index contributed by atoms with van der Waals surface area (Å²) in [6.07, 6.45) is 3.14. The number of rotatable bonds is 18. The second kappa shape index (κ2) is 17.3. The molecule has 4 nitrogen and oxygen atoms in total.